The maximum Gasteiger partial charge on any atom is 0.338 e. The van der Waals surface area contributed by atoms with Crippen molar-refractivity contribution in [3.8, 4) is 0 Å². The molecule has 1 aliphatic heterocycles. The summed E-state index contributed by atoms with van der Waals surface area (Å²) in [5.74, 6) is -0.925. The van der Waals surface area contributed by atoms with Crippen LogP contribution in [0.1, 0.15) is 5.56 Å². The molecule has 7 nitrogen and oxygen atoms in total. The number of carbonyl (C=O) groups excluding carboxylic acids is 1. The summed E-state index contributed by atoms with van der Waals surface area (Å²) >= 11 is 0. The van der Waals surface area contributed by atoms with E-state index in [1.807, 2.05) is 6.07 Å². The van der Waals surface area contributed by atoms with Gasteiger partial charge in [-0.1, -0.05) is 30.3 Å². The molecule has 7 heteroatoms. The van der Waals surface area contributed by atoms with Gasteiger partial charge in [-0.2, -0.15) is 0 Å². The molecule has 0 aliphatic carbocycles. The number of carbonyl (C=O) groups is 1. The minimum Gasteiger partial charge on any atom is -0.459 e. The van der Waals surface area contributed by atoms with Crippen LogP contribution >= 0.6 is 0 Å². The molecule has 2 rings (SSSR count). The van der Waals surface area contributed by atoms with Crippen molar-refractivity contribution in [3.63, 3.8) is 0 Å². The normalized spacial score (nSPS) is 33.7. The van der Waals surface area contributed by atoms with Gasteiger partial charge in [0.25, 0.3) is 0 Å². The van der Waals surface area contributed by atoms with Crippen LogP contribution in [-0.4, -0.2) is 57.1 Å². The fourth-order valence-corrected chi connectivity index (χ4v) is 1.87. The molecule has 20 heavy (non-hydrogen) atoms. The van der Waals surface area contributed by atoms with E-state index in [0.717, 1.165) is 5.56 Å². The van der Waals surface area contributed by atoms with E-state index in [1.54, 1.807) is 24.3 Å². The molecule has 0 aromatic heterocycles. The predicted octanol–water partition coefficient (Wildman–Crippen LogP) is -1.47. The lowest BCUT2D eigenvalue weighted by Crippen LogP contribution is -2.59. The van der Waals surface area contributed by atoms with Gasteiger partial charge in [-0.25, -0.2) is 4.79 Å². The molecule has 0 saturated carbocycles. The first-order chi connectivity index (χ1) is 9.50. The number of aliphatic hydroxyl groups is 4. The van der Waals surface area contributed by atoms with Crippen molar-refractivity contribution in [1.29, 1.82) is 0 Å². The lowest BCUT2D eigenvalue weighted by molar-refractivity contribution is -0.281. The van der Waals surface area contributed by atoms with E-state index in [-0.39, 0.29) is 6.61 Å². The van der Waals surface area contributed by atoms with Gasteiger partial charge in [-0.05, 0) is 5.56 Å². The van der Waals surface area contributed by atoms with Gasteiger partial charge in [0.15, 0.2) is 12.4 Å². The topological polar surface area (TPSA) is 116 Å². The first-order valence-corrected chi connectivity index (χ1v) is 6.09. The number of hydrogen-bond donors (Lipinski definition) is 4. The molecule has 4 N–H and O–H groups in total. The minimum atomic E-state index is -1.76. The van der Waals surface area contributed by atoms with Gasteiger partial charge >= 0.3 is 5.97 Å². The van der Waals surface area contributed by atoms with Crippen LogP contribution in [0.15, 0.2) is 30.3 Å². The van der Waals surface area contributed by atoms with Crippen LogP contribution in [0, 0.1) is 0 Å². The Morgan fingerprint density at radius 1 is 1.05 bits per heavy atom. The summed E-state index contributed by atoms with van der Waals surface area (Å²) in [4.78, 5) is 11.8. The summed E-state index contributed by atoms with van der Waals surface area (Å²) in [5.41, 5.74) is 0.743. The largest absolute Gasteiger partial charge is 0.459 e. The van der Waals surface area contributed by atoms with Gasteiger partial charge in [-0.15, -0.1) is 0 Å². The van der Waals surface area contributed by atoms with Gasteiger partial charge in [-0.3, -0.25) is 0 Å². The Hall–Kier alpha value is -1.51. The van der Waals surface area contributed by atoms with E-state index >= 15 is 0 Å². The maximum absolute atomic E-state index is 11.8. The second kappa shape index (κ2) is 6.29. The quantitative estimate of drug-likeness (QED) is 0.501. The molecule has 0 radical (unpaired) electrons. The fourth-order valence-electron chi connectivity index (χ4n) is 1.87. The SMILES string of the molecule is O=C(OCc1ccccc1)[C@@H]1O[C@H](O)[C@@H](O)[C@@H](O)[C@@H]1O. The third-order valence-electron chi connectivity index (χ3n) is 3.04. The smallest absolute Gasteiger partial charge is 0.338 e. The van der Waals surface area contributed by atoms with Crippen molar-refractivity contribution in [1.82, 2.24) is 0 Å². The van der Waals surface area contributed by atoms with Crippen molar-refractivity contribution in [2.45, 2.75) is 37.3 Å². The van der Waals surface area contributed by atoms with E-state index in [0.29, 0.717) is 0 Å². The van der Waals surface area contributed by atoms with Gasteiger partial charge in [0.2, 0.25) is 0 Å². The van der Waals surface area contributed by atoms with Crippen molar-refractivity contribution < 1.29 is 34.7 Å². The molecule has 0 amide bonds. The molecule has 0 unspecified atom stereocenters. The van der Waals surface area contributed by atoms with Crippen LogP contribution in [0.2, 0.25) is 0 Å². The Labute approximate surface area is 115 Å². The molecule has 1 heterocycles. The molecular formula is C13H16O7. The molecule has 1 fully saturated rings. The molecule has 1 aromatic rings. The highest BCUT2D eigenvalue weighted by Gasteiger charge is 2.46. The summed E-state index contributed by atoms with van der Waals surface area (Å²) in [6, 6.07) is 8.86. The zero-order chi connectivity index (χ0) is 14.7. The van der Waals surface area contributed by atoms with Gasteiger partial charge in [0.05, 0.1) is 0 Å². The van der Waals surface area contributed by atoms with E-state index in [1.165, 1.54) is 0 Å². The van der Waals surface area contributed by atoms with E-state index < -0.39 is 36.7 Å². The maximum atomic E-state index is 11.8. The highest BCUT2D eigenvalue weighted by atomic mass is 16.7. The summed E-state index contributed by atoms with van der Waals surface area (Å²) in [6.07, 6.45) is -8.34. The van der Waals surface area contributed by atoms with Gasteiger partial charge in [0.1, 0.15) is 24.9 Å². The standard InChI is InChI=1S/C13H16O7/c14-8-9(15)11(20-12(17)10(8)16)13(18)19-6-7-4-2-1-3-5-7/h1-5,8-12,14-17H,6H2/t8-,9-,10-,11+,12-/m0/s1. The molecule has 5 atom stereocenters. The van der Waals surface area contributed by atoms with Crippen LogP contribution in [0.4, 0.5) is 0 Å². The Balaban J connectivity index is 1.95. The Morgan fingerprint density at radius 3 is 2.35 bits per heavy atom. The zero-order valence-corrected chi connectivity index (χ0v) is 10.5. The molecule has 110 valence electrons. The molecule has 0 bridgehead atoms. The molecular weight excluding hydrogens is 268 g/mol. The number of rotatable bonds is 3. The van der Waals surface area contributed by atoms with Crippen LogP contribution in [0.25, 0.3) is 0 Å². The zero-order valence-electron chi connectivity index (χ0n) is 10.5. The van der Waals surface area contributed by atoms with Gasteiger partial charge in [0, 0.05) is 0 Å². The monoisotopic (exact) mass is 284 g/mol. The van der Waals surface area contributed by atoms with Crippen LogP contribution in [-0.2, 0) is 20.9 Å². The Morgan fingerprint density at radius 2 is 1.70 bits per heavy atom. The minimum absolute atomic E-state index is 0.0268. The van der Waals surface area contributed by atoms with E-state index in [2.05, 4.69) is 0 Å². The number of benzene rings is 1. The third kappa shape index (κ3) is 3.14. The highest BCUT2D eigenvalue weighted by molar-refractivity contribution is 5.75. The molecule has 1 aliphatic rings. The second-order valence-electron chi connectivity index (χ2n) is 4.51. The van der Waals surface area contributed by atoms with E-state index in [4.69, 9.17) is 9.47 Å². The summed E-state index contributed by atoms with van der Waals surface area (Å²) in [7, 11) is 0. The molecule has 1 saturated heterocycles. The van der Waals surface area contributed by atoms with Crippen LogP contribution in [0.3, 0.4) is 0 Å². The second-order valence-corrected chi connectivity index (χ2v) is 4.51. The molecule has 1 aromatic carbocycles. The third-order valence-corrected chi connectivity index (χ3v) is 3.04. The number of ether oxygens (including phenoxy) is 2. The summed E-state index contributed by atoms with van der Waals surface area (Å²) in [6.45, 7) is -0.0268. The highest BCUT2D eigenvalue weighted by Crippen LogP contribution is 2.21. The molecule has 0 spiro atoms. The summed E-state index contributed by atoms with van der Waals surface area (Å²) in [5, 5.41) is 37.7. The predicted molar refractivity (Wildman–Crippen MR) is 65.1 cm³/mol. The average molecular weight is 284 g/mol. The summed E-state index contributed by atoms with van der Waals surface area (Å²) < 4.78 is 9.69. The van der Waals surface area contributed by atoms with Crippen molar-refractivity contribution in [3.05, 3.63) is 35.9 Å². The van der Waals surface area contributed by atoms with Gasteiger partial charge < -0.3 is 29.9 Å². The van der Waals surface area contributed by atoms with Crippen molar-refractivity contribution in [2.24, 2.45) is 0 Å². The van der Waals surface area contributed by atoms with Crippen molar-refractivity contribution >= 4 is 5.97 Å². The van der Waals surface area contributed by atoms with Crippen LogP contribution in [0.5, 0.6) is 0 Å². The van der Waals surface area contributed by atoms with Crippen LogP contribution < -0.4 is 0 Å². The first-order valence-electron chi connectivity index (χ1n) is 6.09. The van der Waals surface area contributed by atoms with E-state index in [9.17, 15) is 25.2 Å². The lowest BCUT2D eigenvalue weighted by Gasteiger charge is -2.36. The number of aliphatic hydroxyl groups excluding tert-OH is 4. The first kappa shape index (κ1) is 14.9. The Bertz CT molecular complexity index is 449. The van der Waals surface area contributed by atoms with Crippen molar-refractivity contribution in [2.75, 3.05) is 0 Å². The Kier molecular flexibility index (Phi) is 4.69. The number of hydrogen-bond acceptors (Lipinski definition) is 7. The average Bonchev–Trinajstić information content (AvgIpc) is 2.47. The number of esters is 1. The lowest BCUT2D eigenvalue weighted by atomic mass is 9.99. The fraction of sp³-hybridized carbons (Fsp3) is 0.462.